The highest BCUT2D eigenvalue weighted by Gasteiger charge is 2.52. The molecule has 0 unspecified atom stereocenters. The molecule has 2 N–H and O–H groups in total. The number of nitrogens with one attached hydrogen (secondary N) is 2. The number of amides is 2. The van der Waals surface area contributed by atoms with Crippen LogP contribution in [0.15, 0.2) is 36.4 Å². The standard InChI is InChI=1S/C23H31N3O3/c27-21(9-8-18-6-2-1-3-7-18)24-20-16-23(12-4-5-13-26(23)17-20)22(28)25-19-10-14-29-15-11-19/h1-3,6-9,19-20H,4-5,10-17H2,(H,24,27)(H,25,28)/t20-,23-/m0/s1. The Morgan fingerprint density at radius 1 is 1.07 bits per heavy atom. The van der Waals surface area contributed by atoms with Gasteiger partial charge in [0.15, 0.2) is 0 Å². The van der Waals surface area contributed by atoms with Crippen LogP contribution < -0.4 is 10.6 Å². The van der Waals surface area contributed by atoms with Crippen molar-refractivity contribution in [3.05, 3.63) is 42.0 Å². The first kappa shape index (κ1) is 20.1. The van der Waals surface area contributed by atoms with E-state index in [0.717, 1.165) is 50.8 Å². The average Bonchev–Trinajstić information content (AvgIpc) is 3.13. The second-order valence-electron chi connectivity index (χ2n) is 8.45. The van der Waals surface area contributed by atoms with Crippen LogP contribution in [0.3, 0.4) is 0 Å². The molecular weight excluding hydrogens is 366 g/mol. The molecular formula is C23H31N3O3. The normalized spacial score (nSPS) is 28.2. The van der Waals surface area contributed by atoms with Crippen LogP contribution in [0, 0.1) is 0 Å². The third kappa shape index (κ3) is 4.70. The molecule has 29 heavy (non-hydrogen) atoms. The molecule has 1 aromatic carbocycles. The van der Waals surface area contributed by atoms with Crippen LogP contribution in [0.25, 0.3) is 6.08 Å². The molecule has 0 saturated carbocycles. The number of fused-ring (bicyclic) bond motifs is 1. The van der Waals surface area contributed by atoms with Crippen molar-refractivity contribution in [1.29, 1.82) is 0 Å². The van der Waals surface area contributed by atoms with Crippen LogP contribution in [0.2, 0.25) is 0 Å². The molecule has 4 rings (SSSR count). The van der Waals surface area contributed by atoms with Crippen molar-refractivity contribution in [2.24, 2.45) is 0 Å². The van der Waals surface area contributed by atoms with Crippen molar-refractivity contribution in [3.8, 4) is 0 Å². The van der Waals surface area contributed by atoms with Gasteiger partial charge in [-0.2, -0.15) is 0 Å². The fourth-order valence-electron chi connectivity index (χ4n) is 4.92. The topological polar surface area (TPSA) is 70.7 Å². The summed E-state index contributed by atoms with van der Waals surface area (Å²) in [6.45, 7) is 3.10. The maximum Gasteiger partial charge on any atom is 0.244 e. The molecule has 0 bridgehead atoms. The lowest BCUT2D eigenvalue weighted by atomic mass is 9.84. The Morgan fingerprint density at radius 2 is 1.86 bits per heavy atom. The van der Waals surface area contributed by atoms with E-state index < -0.39 is 5.54 Å². The summed E-state index contributed by atoms with van der Waals surface area (Å²) in [4.78, 5) is 28.0. The quantitative estimate of drug-likeness (QED) is 0.747. The molecule has 0 aliphatic carbocycles. The summed E-state index contributed by atoms with van der Waals surface area (Å²) in [7, 11) is 0. The summed E-state index contributed by atoms with van der Waals surface area (Å²) in [5.41, 5.74) is 0.524. The molecule has 3 aliphatic rings. The molecule has 6 heteroatoms. The van der Waals surface area contributed by atoms with Crippen LogP contribution in [-0.4, -0.2) is 60.6 Å². The first-order valence-corrected chi connectivity index (χ1v) is 10.8. The van der Waals surface area contributed by atoms with E-state index in [0.29, 0.717) is 19.6 Å². The van der Waals surface area contributed by atoms with Gasteiger partial charge in [-0.25, -0.2) is 0 Å². The van der Waals surface area contributed by atoms with Crippen LogP contribution in [-0.2, 0) is 14.3 Å². The van der Waals surface area contributed by atoms with Gasteiger partial charge in [0.05, 0.1) is 0 Å². The monoisotopic (exact) mass is 397 g/mol. The summed E-state index contributed by atoms with van der Waals surface area (Å²) in [5, 5.41) is 6.41. The number of ether oxygens (including phenoxy) is 1. The average molecular weight is 398 g/mol. The van der Waals surface area contributed by atoms with Crippen molar-refractivity contribution in [3.63, 3.8) is 0 Å². The molecule has 3 fully saturated rings. The van der Waals surface area contributed by atoms with Gasteiger partial charge in [-0.3, -0.25) is 14.5 Å². The smallest absolute Gasteiger partial charge is 0.244 e. The van der Waals surface area contributed by atoms with E-state index in [-0.39, 0.29) is 23.9 Å². The van der Waals surface area contributed by atoms with E-state index in [1.165, 1.54) is 0 Å². The molecule has 3 heterocycles. The van der Waals surface area contributed by atoms with Gasteiger partial charge in [-0.15, -0.1) is 0 Å². The Balaban J connectivity index is 1.38. The van der Waals surface area contributed by atoms with Gasteiger partial charge in [-0.05, 0) is 56.7 Å². The van der Waals surface area contributed by atoms with Crippen LogP contribution in [0.4, 0.5) is 0 Å². The van der Waals surface area contributed by atoms with Gasteiger partial charge in [0.1, 0.15) is 5.54 Å². The van der Waals surface area contributed by atoms with Crippen molar-refractivity contribution in [1.82, 2.24) is 15.5 Å². The molecule has 3 aliphatic heterocycles. The number of hydrogen-bond donors (Lipinski definition) is 2. The van der Waals surface area contributed by atoms with Gasteiger partial charge in [0, 0.05) is 37.9 Å². The van der Waals surface area contributed by atoms with Crippen LogP contribution >= 0.6 is 0 Å². The lowest BCUT2D eigenvalue weighted by Gasteiger charge is -2.41. The van der Waals surface area contributed by atoms with Gasteiger partial charge in [0.25, 0.3) is 0 Å². The van der Waals surface area contributed by atoms with Gasteiger partial charge < -0.3 is 15.4 Å². The van der Waals surface area contributed by atoms with Crippen LogP contribution in [0.1, 0.15) is 44.1 Å². The van der Waals surface area contributed by atoms with Gasteiger partial charge in [0.2, 0.25) is 11.8 Å². The lowest BCUT2D eigenvalue weighted by molar-refractivity contribution is -0.135. The molecule has 1 aromatic rings. The first-order valence-electron chi connectivity index (χ1n) is 10.8. The van der Waals surface area contributed by atoms with Crippen molar-refractivity contribution >= 4 is 17.9 Å². The number of benzene rings is 1. The van der Waals surface area contributed by atoms with E-state index in [1.807, 2.05) is 36.4 Å². The highest BCUT2D eigenvalue weighted by Crippen LogP contribution is 2.38. The maximum absolute atomic E-state index is 13.3. The molecule has 0 aromatic heterocycles. The van der Waals surface area contributed by atoms with E-state index in [4.69, 9.17) is 4.74 Å². The number of piperidine rings is 1. The van der Waals surface area contributed by atoms with Crippen LogP contribution in [0.5, 0.6) is 0 Å². The molecule has 0 radical (unpaired) electrons. The summed E-state index contributed by atoms with van der Waals surface area (Å²) in [5.74, 6) is 0.0411. The zero-order chi connectivity index (χ0) is 20.1. The summed E-state index contributed by atoms with van der Waals surface area (Å²) >= 11 is 0. The number of carbonyl (C=O) groups is 2. The minimum atomic E-state index is -0.475. The fourth-order valence-corrected chi connectivity index (χ4v) is 4.92. The summed E-state index contributed by atoms with van der Waals surface area (Å²) < 4.78 is 5.41. The van der Waals surface area contributed by atoms with E-state index >= 15 is 0 Å². The van der Waals surface area contributed by atoms with Gasteiger partial charge in [-0.1, -0.05) is 30.3 Å². The molecule has 0 spiro atoms. The van der Waals surface area contributed by atoms with Crippen molar-refractivity contribution in [2.75, 3.05) is 26.3 Å². The third-order valence-corrected chi connectivity index (χ3v) is 6.45. The first-order chi connectivity index (χ1) is 14.2. The zero-order valence-electron chi connectivity index (χ0n) is 16.9. The van der Waals surface area contributed by atoms with Gasteiger partial charge >= 0.3 is 0 Å². The van der Waals surface area contributed by atoms with Crippen molar-refractivity contribution in [2.45, 2.75) is 56.1 Å². The molecule has 2 atom stereocenters. The lowest BCUT2D eigenvalue weighted by Crippen LogP contribution is -2.59. The number of hydrogen-bond acceptors (Lipinski definition) is 4. The largest absolute Gasteiger partial charge is 0.381 e. The number of nitrogens with zero attached hydrogens (tertiary/aromatic N) is 1. The molecule has 3 saturated heterocycles. The Labute approximate surface area is 172 Å². The van der Waals surface area contributed by atoms with Crippen molar-refractivity contribution < 1.29 is 14.3 Å². The fraction of sp³-hybridized carbons (Fsp3) is 0.565. The third-order valence-electron chi connectivity index (χ3n) is 6.45. The molecule has 156 valence electrons. The second-order valence-corrected chi connectivity index (χ2v) is 8.45. The SMILES string of the molecule is O=C(C=Cc1ccccc1)N[C@@H]1CN2CCCC[C@@]2(C(=O)NC2CCOCC2)C1. The van der Waals surface area contributed by atoms with E-state index in [2.05, 4.69) is 15.5 Å². The predicted molar refractivity (Wildman–Crippen MR) is 112 cm³/mol. The minimum Gasteiger partial charge on any atom is -0.381 e. The summed E-state index contributed by atoms with van der Waals surface area (Å²) in [6.07, 6.45) is 8.90. The minimum absolute atomic E-state index is 0.00135. The van der Waals surface area contributed by atoms with E-state index in [1.54, 1.807) is 6.08 Å². The number of carbonyl (C=O) groups excluding carboxylic acids is 2. The highest BCUT2D eigenvalue weighted by molar-refractivity contribution is 5.92. The highest BCUT2D eigenvalue weighted by atomic mass is 16.5. The second kappa shape index (κ2) is 9.09. The predicted octanol–water partition coefficient (Wildman–Crippen LogP) is 2.11. The summed E-state index contributed by atoms with van der Waals surface area (Å²) in [6, 6.07) is 10.0. The van der Waals surface area contributed by atoms with E-state index in [9.17, 15) is 9.59 Å². The Hall–Kier alpha value is -2.18. The molecule has 6 nitrogen and oxygen atoms in total. The number of rotatable bonds is 5. The Bertz CT molecular complexity index is 745. The Kier molecular flexibility index (Phi) is 6.31. The molecule has 2 amide bonds. The Morgan fingerprint density at radius 3 is 2.66 bits per heavy atom. The maximum atomic E-state index is 13.3. The zero-order valence-corrected chi connectivity index (χ0v) is 16.9.